The maximum Gasteiger partial charge on any atom is 0.407 e. The number of nitrogens with zero attached hydrogens (tertiary/aromatic N) is 2. The number of nitrogens with one attached hydrogen (secondary N) is 3. The molecule has 3 saturated carbocycles. The SMILES string of the molecule is CC(C)(C)OC(=O)NCCO.CC(C)(C)OC(=O)NCCn1cc(C(=O)CCC2CCC(F)(F)CC2)c2c(Cl)cccc21.NCCn1cc(C(=O)CCC2CCC(F)(F)CC2)c2c(Cl)cccc21.O=C(CCC1CCC(F)(F)CC1)c1c[nH]c2cccc(Cl)c12. The number of alkyl halides is 6. The van der Waals surface area contributed by atoms with Crippen molar-refractivity contribution in [1.29, 1.82) is 0 Å². The lowest BCUT2D eigenvalue weighted by atomic mass is 9.83. The van der Waals surface area contributed by atoms with Gasteiger partial charge in [-0.2, -0.15) is 0 Å². The summed E-state index contributed by atoms with van der Waals surface area (Å²) in [5, 5.41) is 17.2. The van der Waals surface area contributed by atoms with Crippen LogP contribution < -0.4 is 16.4 Å². The zero-order valence-corrected chi connectivity index (χ0v) is 54.6. The van der Waals surface area contributed by atoms with E-state index >= 15 is 0 Å². The number of aliphatic hydroxyl groups excluding tert-OH is 1. The first-order valence-electron chi connectivity index (χ1n) is 31.1. The second kappa shape index (κ2) is 32.7. The molecule has 3 aliphatic rings. The summed E-state index contributed by atoms with van der Waals surface area (Å²) in [5.74, 6) is -7.01. The van der Waals surface area contributed by atoms with E-state index in [1.807, 2.05) is 51.7 Å². The topological polar surface area (TPSA) is 200 Å². The summed E-state index contributed by atoms with van der Waals surface area (Å²) < 4.78 is 93.5. The fourth-order valence-electron chi connectivity index (χ4n) is 11.5. The number of nitrogens with two attached hydrogens (primary N) is 1. The Morgan fingerprint density at radius 2 is 0.911 bits per heavy atom. The van der Waals surface area contributed by atoms with Gasteiger partial charge in [0.25, 0.3) is 0 Å². The van der Waals surface area contributed by atoms with Crippen LogP contribution in [0.3, 0.4) is 0 Å². The molecule has 3 aromatic carbocycles. The lowest BCUT2D eigenvalue weighted by Crippen LogP contribution is -2.34. The first kappa shape index (κ1) is 73.3. The number of aliphatic hydroxyl groups is 1. The standard InChI is InChI=1S/C24H31ClF2N2O3.C19H23ClF2N2O.C17H18ClF2NO.C7H15NO3/c1-23(2,3)32-22(31)28-13-14-29-15-17(21-18(25)5-4-6-19(21)29)20(30)8-7-16-9-11-24(26,27)12-10-16;20-15-2-1-3-16-18(15)14(12-24(16)11-10-23)17(25)5-4-13-6-8-19(21,22)9-7-13;18-13-2-1-3-14-16(13)12(10-21-14)15(22)5-4-11-6-8-17(19,20)9-7-11;1-7(2,3)11-6(10)8-4-5-9/h4-6,15-16H,7-14H2,1-3H3,(H,28,31);1-3,12-13H,4-11,23H2;1-3,10-11,21H,4-9H2;9H,4-5H2,1-3H3,(H,8,10). The van der Waals surface area contributed by atoms with Crippen molar-refractivity contribution >= 4 is 97.0 Å². The van der Waals surface area contributed by atoms with Gasteiger partial charge in [-0.15, -0.1) is 0 Å². The molecular weight excluding hydrogens is 1240 g/mol. The lowest BCUT2D eigenvalue weighted by molar-refractivity contribution is -0.0469. The van der Waals surface area contributed by atoms with Gasteiger partial charge in [0, 0.05) is 147 Å². The van der Waals surface area contributed by atoms with Crippen LogP contribution in [0.2, 0.25) is 15.1 Å². The second-order valence-electron chi connectivity index (χ2n) is 25.8. The van der Waals surface area contributed by atoms with E-state index in [4.69, 9.17) is 55.1 Å². The van der Waals surface area contributed by atoms with Crippen LogP contribution in [0.15, 0.2) is 73.2 Å². The summed E-state index contributed by atoms with van der Waals surface area (Å²) in [4.78, 5) is 63.9. The first-order valence-corrected chi connectivity index (χ1v) is 32.2. The van der Waals surface area contributed by atoms with Gasteiger partial charge in [-0.05, 0) is 153 Å². The van der Waals surface area contributed by atoms with E-state index in [0.29, 0.717) is 140 Å². The predicted octanol–water partition coefficient (Wildman–Crippen LogP) is 17.8. The van der Waals surface area contributed by atoms with Gasteiger partial charge in [-0.1, -0.05) is 53.0 Å². The smallest absolute Gasteiger partial charge is 0.407 e. The highest BCUT2D eigenvalue weighted by Crippen LogP contribution is 2.42. The van der Waals surface area contributed by atoms with Gasteiger partial charge < -0.3 is 45.1 Å². The van der Waals surface area contributed by atoms with Crippen LogP contribution in [0.5, 0.6) is 0 Å². The maximum atomic E-state index is 13.4. The molecule has 0 spiro atoms. The van der Waals surface area contributed by atoms with Crippen molar-refractivity contribution in [2.75, 3.05) is 26.2 Å². The summed E-state index contributed by atoms with van der Waals surface area (Å²) in [6.07, 6.45) is 9.77. The predicted molar refractivity (Wildman–Crippen MR) is 343 cm³/mol. The van der Waals surface area contributed by atoms with Crippen molar-refractivity contribution in [2.24, 2.45) is 23.5 Å². The minimum Gasteiger partial charge on any atom is -0.444 e. The highest BCUT2D eigenvalue weighted by Gasteiger charge is 2.37. The summed E-state index contributed by atoms with van der Waals surface area (Å²) in [6, 6.07) is 16.5. The number of carbonyl (C=O) groups is 5. The molecule has 9 rings (SSSR count). The molecule has 23 heteroatoms. The van der Waals surface area contributed by atoms with E-state index in [1.54, 1.807) is 72.1 Å². The van der Waals surface area contributed by atoms with Crippen LogP contribution in [-0.4, -0.2) is 104 Å². The number of aromatic amines is 1. The number of amides is 2. The highest BCUT2D eigenvalue weighted by molar-refractivity contribution is 6.38. The summed E-state index contributed by atoms with van der Waals surface area (Å²) >= 11 is 18.9. The molecule has 6 aromatic rings. The minimum atomic E-state index is -2.56. The van der Waals surface area contributed by atoms with Gasteiger partial charge in [0.1, 0.15) is 11.2 Å². The van der Waals surface area contributed by atoms with Gasteiger partial charge in [-0.3, -0.25) is 14.4 Å². The Kier molecular flexibility index (Phi) is 26.6. The Morgan fingerprint density at radius 3 is 1.29 bits per heavy atom. The number of ketones is 3. The molecule has 0 atom stereocenters. The van der Waals surface area contributed by atoms with E-state index in [9.17, 15) is 50.3 Å². The third kappa shape index (κ3) is 22.5. The number of hydrogen-bond donors (Lipinski definition) is 5. The Bertz CT molecular complexity index is 3360. The molecule has 3 fully saturated rings. The van der Waals surface area contributed by atoms with Crippen molar-refractivity contribution in [1.82, 2.24) is 24.8 Å². The zero-order chi connectivity index (χ0) is 66.2. The van der Waals surface area contributed by atoms with Gasteiger partial charge in [-0.25, -0.2) is 35.9 Å². The number of benzene rings is 3. The Hall–Kier alpha value is -5.80. The number of hydrogen-bond acceptors (Lipinski definition) is 9. The van der Waals surface area contributed by atoms with Gasteiger partial charge in [0.2, 0.25) is 17.8 Å². The number of fused-ring (bicyclic) bond motifs is 3. The van der Waals surface area contributed by atoms with Crippen LogP contribution in [0.1, 0.15) is 188 Å². The molecule has 0 aliphatic heterocycles. The van der Waals surface area contributed by atoms with Crippen molar-refractivity contribution in [3.8, 4) is 0 Å². The van der Waals surface area contributed by atoms with E-state index in [0.717, 1.165) is 27.3 Å². The molecule has 3 aliphatic carbocycles. The molecular formula is C67H87Cl3F6N6O8. The molecule has 14 nitrogen and oxygen atoms in total. The molecule has 0 saturated heterocycles. The zero-order valence-electron chi connectivity index (χ0n) is 52.3. The molecule has 3 heterocycles. The van der Waals surface area contributed by atoms with Crippen molar-refractivity contribution < 1.29 is 64.9 Å². The van der Waals surface area contributed by atoms with E-state index in [-0.39, 0.29) is 86.8 Å². The average molecular weight is 1320 g/mol. The number of rotatable bonds is 19. The van der Waals surface area contributed by atoms with Crippen LogP contribution in [0.4, 0.5) is 35.9 Å². The minimum absolute atomic E-state index is 0.0196. The quantitative estimate of drug-likeness (QED) is 0.0387. The van der Waals surface area contributed by atoms with Crippen molar-refractivity contribution in [3.63, 3.8) is 0 Å². The van der Waals surface area contributed by atoms with Crippen LogP contribution in [-0.2, 0) is 22.6 Å². The van der Waals surface area contributed by atoms with Crippen molar-refractivity contribution in [3.05, 3.63) is 105 Å². The normalized spacial score (nSPS) is 16.9. The molecule has 90 heavy (non-hydrogen) atoms. The number of alkyl carbamates (subject to hydrolysis) is 2. The monoisotopic (exact) mass is 1320 g/mol. The fraction of sp³-hybridized carbons (Fsp3) is 0.567. The first-order chi connectivity index (χ1) is 42.3. The average Bonchev–Trinajstić information content (AvgIpc) is 1.84. The van der Waals surface area contributed by atoms with E-state index < -0.39 is 41.2 Å². The number of aromatic nitrogens is 3. The lowest BCUT2D eigenvalue weighted by Gasteiger charge is -2.27. The molecule has 0 unspecified atom stereocenters. The molecule has 2 amide bonds. The van der Waals surface area contributed by atoms with E-state index in [1.165, 1.54) is 0 Å². The number of H-pyrrole nitrogens is 1. The fourth-order valence-corrected chi connectivity index (χ4v) is 12.4. The summed E-state index contributed by atoms with van der Waals surface area (Å²) in [6.45, 7) is 12.8. The van der Waals surface area contributed by atoms with Crippen molar-refractivity contribution in [2.45, 2.75) is 199 Å². The van der Waals surface area contributed by atoms with Gasteiger partial charge in [0.15, 0.2) is 17.3 Å². The van der Waals surface area contributed by atoms with E-state index in [2.05, 4.69) is 15.6 Å². The molecule has 6 N–H and O–H groups in total. The molecule has 0 bridgehead atoms. The Morgan fingerprint density at radius 1 is 0.556 bits per heavy atom. The summed E-state index contributed by atoms with van der Waals surface area (Å²) in [7, 11) is 0. The number of carbonyl (C=O) groups excluding carboxylic acids is 5. The van der Waals surface area contributed by atoms with Crippen LogP contribution in [0, 0.1) is 17.8 Å². The number of halogens is 9. The Labute approximate surface area is 538 Å². The number of ether oxygens (including phenoxy) is 2. The molecule has 3 aromatic heterocycles. The third-order valence-corrected chi connectivity index (χ3v) is 17.2. The van der Waals surface area contributed by atoms with Gasteiger partial charge in [0.05, 0.1) is 32.7 Å². The van der Waals surface area contributed by atoms with Crippen LogP contribution >= 0.6 is 34.8 Å². The Balaban J connectivity index is 0.000000201. The van der Waals surface area contributed by atoms with Gasteiger partial charge >= 0.3 is 12.2 Å². The number of Topliss-reactive ketones (excluding diaryl/α,β-unsaturated/α-hetero) is 3. The highest BCUT2D eigenvalue weighted by atomic mass is 35.5. The molecule has 0 radical (unpaired) electrons. The second-order valence-corrected chi connectivity index (χ2v) is 27.0. The maximum absolute atomic E-state index is 13.4. The molecule has 496 valence electrons. The third-order valence-electron chi connectivity index (χ3n) is 16.3. The van der Waals surface area contributed by atoms with Crippen LogP contribution in [0.25, 0.3) is 32.7 Å². The largest absolute Gasteiger partial charge is 0.444 e. The summed E-state index contributed by atoms with van der Waals surface area (Å²) in [5.41, 5.74) is 8.89.